The second-order valence-corrected chi connectivity index (χ2v) is 8.80. The van der Waals surface area contributed by atoms with Crippen molar-refractivity contribution in [3.8, 4) is 11.4 Å². The summed E-state index contributed by atoms with van der Waals surface area (Å²) in [6.45, 7) is -0.175. The van der Waals surface area contributed by atoms with Crippen molar-refractivity contribution in [2.24, 2.45) is 0 Å². The van der Waals surface area contributed by atoms with Crippen LogP contribution in [0.15, 0.2) is 51.9 Å². The molecule has 0 spiro atoms. The molecule has 0 aliphatic heterocycles. The highest BCUT2D eigenvalue weighted by atomic mass is 35.5. The van der Waals surface area contributed by atoms with Crippen molar-refractivity contribution in [3.63, 3.8) is 0 Å². The molecule has 152 valence electrons. The zero-order valence-electron chi connectivity index (χ0n) is 15.3. The van der Waals surface area contributed by atoms with Crippen LogP contribution < -0.4 is 0 Å². The van der Waals surface area contributed by atoms with Crippen molar-refractivity contribution in [1.29, 1.82) is 0 Å². The van der Waals surface area contributed by atoms with Crippen molar-refractivity contribution in [2.45, 2.75) is 11.4 Å². The number of hydrogen-bond acceptors (Lipinski definition) is 7. The third-order valence-corrected chi connectivity index (χ3v) is 6.32. The fraction of sp³-hybridized carbons (Fsp3) is 0.167. The van der Waals surface area contributed by atoms with Crippen LogP contribution in [0.25, 0.3) is 11.4 Å². The number of sulfonamides is 1. The SMILES string of the molecule is COC(=O)c1cc(S(=O)(=O)N(C)Cc2nc(-c3cccc(Cl)c3)no2)ccc1Cl. The van der Waals surface area contributed by atoms with Crippen molar-refractivity contribution < 1.29 is 22.5 Å². The average Bonchev–Trinajstić information content (AvgIpc) is 3.16. The van der Waals surface area contributed by atoms with Gasteiger partial charge in [-0.2, -0.15) is 9.29 Å². The molecule has 0 N–H and O–H groups in total. The number of ether oxygens (including phenoxy) is 1. The van der Waals surface area contributed by atoms with Gasteiger partial charge in [-0.3, -0.25) is 0 Å². The number of carbonyl (C=O) groups is 1. The van der Waals surface area contributed by atoms with Gasteiger partial charge in [-0.05, 0) is 30.3 Å². The summed E-state index contributed by atoms with van der Waals surface area (Å²) in [5.41, 5.74) is 0.586. The highest BCUT2D eigenvalue weighted by molar-refractivity contribution is 7.89. The minimum Gasteiger partial charge on any atom is -0.465 e. The lowest BCUT2D eigenvalue weighted by Gasteiger charge is -2.16. The van der Waals surface area contributed by atoms with Crippen LogP contribution in [0.5, 0.6) is 0 Å². The summed E-state index contributed by atoms with van der Waals surface area (Å²) < 4.78 is 36.5. The zero-order chi connectivity index (χ0) is 21.2. The molecule has 0 aliphatic carbocycles. The number of carbonyl (C=O) groups excluding carboxylic acids is 1. The van der Waals surface area contributed by atoms with Crippen molar-refractivity contribution in [2.75, 3.05) is 14.2 Å². The van der Waals surface area contributed by atoms with E-state index >= 15 is 0 Å². The highest BCUT2D eigenvalue weighted by Gasteiger charge is 2.25. The maximum Gasteiger partial charge on any atom is 0.339 e. The van der Waals surface area contributed by atoms with Crippen LogP contribution >= 0.6 is 23.2 Å². The Labute approximate surface area is 177 Å². The van der Waals surface area contributed by atoms with Gasteiger partial charge in [-0.15, -0.1) is 0 Å². The molecule has 3 rings (SSSR count). The fourth-order valence-corrected chi connectivity index (χ4v) is 3.98. The zero-order valence-corrected chi connectivity index (χ0v) is 17.6. The molecule has 0 atom stereocenters. The number of esters is 1. The molecule has 1 aromatic heterocycles. The van der Waals surface area contributed by atoms with Crippen LogP contribution in [0.2, 0.25) is 10.0 Å². The van der Waals surface area contributed by atoms with Gasteiger partial charge in [0, 0.05) is 17.6 Å². The lowest BCUT2D eigenvalue weighted by atomic mass is 10.2. The number of rotatable bonds is 6. The molecule has 1 heterocycles. The molecule has 11 heteroatoms. The third kappa shape index (κ3) is 4.59. The van der Waals surface area contributed by atoms with Crippen LogP contribution in [0, 0.1) is 0 Å². The molecule has 8 nitrogen and oxygen atoms in total. The van der Waals surface area contributed by atoms with E-state index in [1.807, 2.05) is 0 Å². The Hall–Kier alpha value is -2.46. The quantitative estimate of drug-likeness (QED) is 0.522. The van der Waals surface area contributed by atoms with Gasteiger partial charge in [0.25, 0.3) is 0 Å². The summed E-state index contributed by atoms with van der Waals surface area (Å²) in [4.78, 5) is 15.9. The van der Waals surface area contributed by atoms with Gasteiger partial charge < -0.3 is 9.26 Å². The number of hydrogen-bond donors (Lipinski definition) is 0. The first-order valence-corrected chi connectivity index (χ1v) is 10.3. The van der Waals surface area contributed by atoms with E-state index in [4.69, 9.17) is 27.7 Å². The molecule has 29 heavy (non-hydrogen) atoms. The Morgan fingerprint density at radius 2 is 1.97 bits per heavy atom. The Balaban J connectivity index is 1.83. The minimum absolute atomic E-state index is 0.0512. The van der Waals surface area contributed by atoms with Crippen LogP contribution in [0.4, 0.5) is 0 Å². The van der Waals surface area contributed by atoms with E-state index in [0.717, 1.165) is 10.4 Å². The first kappa shape index (κ1) is 21.3. The maximum atomic E-state index is 12.9. The van der Waals surface area contributed by atoms with Crippen LogP contribution in [-0.2, 0) is 21.3 Å². The van der Waals surface area contributed by atoms with E-state index in [9.17, 15) is 13.2 Å². The van der Waals surface area contributed by atoms with Gasteiger partial charge in [0.15, 0.2) is 0 Å². The summed E-state index contributed by atoms with van der Waals surface area (Å²) in [6, 6.07) is 10.6. The van der Waals surface area contributed by atoms with Gasteiger partial charge in [0.2, 0.25) is 21.7 Å². The Morgan fingerprint density at radius 1 is 1.21 bits per heavy atom. The van der Waals surface area contributed by atoms with Gasteiger partial charge in [-0.25, -0.2) is 13.2 Å². The summed E-state index contributed by atoms with van der Waals surface area (Å²) >= 11 is 11.9. The molecule has 0 amide bonds. The monoisotopic (exact) mass is 455 g/mol. The Morgan fingerprint density at radius 3 is 2.66 bits per heavy atom. The van der Waals surface area contributed by atoms with Crippen LogP contribution in [0.3, 0.4) is 0 Å². The van der Waals surface area contributed by atoms with Crippen molar-refractivity contribution in [1.82, 2.24) is 14.4 Å². The predicted octanol–water partition coefficient (Wildman–Crippen LogP) is 3.65. The largest absolute Gasteiger partial charge is 0.465 e. The van der Waals surface area contributed by atoms with E-state index in [-0.39, 0.29) is 33.7 Å². The van der Waals surface area contributed by atoms with Crippen LogP contribution in [-0.4, -0.2) is 43.0 Å². The maximum absolute atomic E-state index is 12.9. The molecule has 0 bridgehead atoms. The summed E-state index contributed by atoms with van der Waals surface area (Å²) in [5, 5.41) is 4.45. The summed E-state index contributed by atoms with van der Waals surface area (Å²) in [6.07, 6.45) is 0. The summed E-state index contributed by atoms with van der Waals surface area (Å²) in [5.74, 6) is -0.362. The van der Waals surface area contributed by atoms with Crippen molar-refractivity contribution in [3.05, 3.63) is 64.0 Å². The number of methoxy groups -OCH3 is 1. The van der Waals surface area contributed by atoms with Gasteiger partial charge in [0.05, 0.1) is 29.1 Å². The molecule has 0 saturated carbocycles. The van der Waals surface area contributed by atoms with Crippen LogP contribution in [0.1, 0.15) is 16.2 Å². The second kappa shape index (κ2) is 8.50. The number of benzene rings is 2. The Kier molecular flexibility index (Phi) is 6.23. The fourth-order valence-electron chi connectivity index (χ4n) is 2.45. The van der Waals surface area contributed by atoms with Gasteiger partial charge >= 0.3 is 5.97 Å². The first-order valence-electron chi connectivity index (χ1n) is 8.15. The topological polar surface area (TPSA) is 103 Å². The lowest BCUT2D eigenvalue weighted by molar-refractivity contribution is 0.0600. The summed E-state index contributed by atoms with van der Waals surface area (Å²) in [7, 11) is -1.43. The van der Waals surface area contributed by atoms with Crippen molar-refractivity contribution >= 4 is 39.2 Å². The van der Waals surface area contributed by atoms with E-state index < -0.39 is 16.0 Å². The molecule has 2 aromatic carbocycles. The molecule has 0 radical (unpaired) electrons. The molecule has 0 fully saturated rings. The minimum atomic E-state index is -3.96. The van der Waals surface area contributed by atoms with Gasteiger partial charge in [-0.1, -0.05) is 40.5 Å². The Bertz CT molecular complexity index is 1160. The van der Waals surface area contributed by atoms with E-state index in [1.165, 1.54) is 26.3 Å². The molecule has 3 aromatic rings. The van der Waals surface area contributed by atoms with E-state index in [1.54, 1.807) is 24.3 Å². The third-order valence-electron chi connectivity index (χ3n) is 3.96. The van der Waals surface area contributed by atoms with E-state index in [0.29, 0.717) is 10.6 Å². The highest BCUT2D eigenvalue weighted by Crippen LogP contribution is 2.25. The molecule has 0 saturated heterocycles. The predicted molar refractivity (Wildman–Crippen MR) is 106 cm³/mol. The molecular weight excluding hydrogens is 441 g/mol. The first-order chi connectivity index (χ1) is 13.7. The standard InChI is InChI=1S/C18H15Cl2N3O5S/c1-23(10-16-21-17(22-28-16)11-4-3-5-12(19)8-11)29(25,26)13-6-7-15(20)14(9-13)18(24)27-2/h3-9H,10H2,1-2H3. The normalized spacial score (nSPS) is 11.6. The number of aromatic nitrogens is 2. The molecule has 0 unspecified atom stereocenters. The number of nitrogens with zero attached hydrogens (tertiary/aromatic N) is 3. The van der Waals surface area contributed by atoms with E-state index in [2.05, 4.69) is 14.9 Å². The number of halogens is 2. The average molecular weight is 456 g/mol. The lowest BCUT2D eigenvalue weighted by Crippen LogP contribution is -2.27. The second-order valence-electron chi connectivity index (χ2n) is 5.92. The smallest absolute Gasteiger partial charge is 0.339 e. The molecular formula is C18H15Cl2N3O5S. The van der Waals surface area contributed by atoms with Gasteiger partial charge in [0.1, 0.15) is 0 Å². The molecule has 0 aliphatic rings.